The summed E-state index contributed by atoms with van der Waals surface area (Å²) in [6, 6.07) is 14.2. The van der Waals surface area contributed by atoms with Crippen molar-refractivity contribution in [2.24, 2.45) is 0 Å². The van der Waals surface area contributed by atoms with Gasteiger partial charge >= 0.3 is 0 Å². The van der Waals surface area contributed by atoms with Gasteiger partial charge in [-0.3, -0.25) is 19.2 Å². The molecule has 0 fully saturated rings. The molecule has 0 saturated heterocycles. The number of carbonyl (C=O) groups is 4. The predicted molar refractivity (Wildman–Crippen MR) is 212 cm³/mol. The SMILES string of the molecule is CCOc1cc2oc(-c3ccc(NCCOCCOCCOCCOc4cccc(C(=O)N(C)C(C=O)CCC(=O)NC)c4C=O)cc3Cl)cc(=O)c2cc1C. The summed E-state index contributed by atoms with van der Waals surface area (Å²) in [5, 5.41) is 6.64. The highest BCUT2D eigenvalue weighted by Gasteiger charge is 2.25. The molecule has 0 radical (unpaired) electrons. The molecule has 0 saturated carbocycles. The molecule has 1 atom stereocenters. The first-order valence-corrected chi connectivity index (χ1v) is 18.6. The molecular weight excluding hydrogens is 746 g/mol. The van der Waals surface area contributed by atoms with Crippen molar-refractivity contribution in [3.05, 3.63) is 86.5 Å². The van der Waals surface area contributed by atoms with E-state index in [0.29, 0.717) is 91.8 Å². The molecule has 4 rings (SSSR count). The molecule has 1 aromatic heterocycles. The molecule has 14 nitrogen and oxygen atoms in total. The summed E-state index contributed by atoms with van der Waals surface area (Å²) in [7, 11) is 2.94. The summed E-state index contributed by atoms with van der Waals surface area (Å²) in [6.07, 6.45) is 1.35. The maximum absolute atomic E-state index is 13.1. The van der Waals surface area contributed by atoms with Gasteiger partial charge in [0.25, 0.3) is 5.91 Å². The van der Waals surface area contributed by atoms with E-state index in [2.05, 4.69) is 10.6 Å². The molecule has 15 heteroatoms. The van der Waals surface area contributed by atoms with Gasteiger partial charge in [0, 0.05) is 50.4 Å². The second-order valence-corrected chi connectivity index (χ2v) is 12.9. The number of hydrogen-bond acceptors (Lipinski definition) is 12. The summed E-state index contributed by atoms with van der Waals surface area (Å²) < 4.78 is 34.2. The molecule has 56 heavy (non-hydrogen) atoms. The summed E-state index contributed by atoms with van der Waals surface area (Å²) >= 11 is 6.59. The Balaban J connectivity index is 1.10. The van der Waals surface area contributed by atoms with Gasteiger partial charge in [0.15, 0.2) is 11.7 Å². The third kappa shape index (κ3) is 12.1. The Bertz CT molecular complexity index is 2020. The standard InChI is InChI=1S/C41H48ClN3O11/c1-5-54-37-24-39-32(21-27(37)2)35(48)23-38(56-39)31-11-9-28(22-34(31)42)44-13-14-51-15-16-52-17-18-53-19-20-55-36-8-6-7-30(33(36)26-47)41(50)45(4)29(25-46)10-12-40(49)43-3/h6-9,11,21-26,29,44H,5,10,12-20H2,1-4H3,(H,43,49). The lowest BCUT2D eigenvalue weighted by atomic mass is 10.0. The molecule has 0 spiro atoms. The van der Waals surface area contributed by atoms with Crippen molar-refractivity contribution < 1.29 is 47.3 Å². The molecule has 4 aromatic rings. The van der Waals surface area contributed by atoms with Crippen molar-refractivity contribution in [2.45, 2.75) is 32.7 Å². The van der Waals surface area contributed by atoms with E-state index in [1.165, 1.54) is 31.1 Å². The van der Waals surface area contributed by atoms with Crippen LogP contribution in [0.5, 0.6) is 11.5 Å². The Morgan fingerprint density at radius 1 is 0.911 bits per heavy atom. The predicted octanol–water partition coefficient (Wildman–Crippen LogP) is 5.34. The number of rotatable bonds is 24. The van der Waals surface area contributed by atoms with Crippen LogP contribution >= 0.6 is 11.6 Å². The van der Waals surface area contributed by atoms with E-state index in [1.54, 1.807) is 36.4 Å². The number of aryl methyl sites for hydroxylation is 1. The Morgan fingerprint density at radius 2 is 1.62 bits per heavy atom. The van der Waals surface area contributed by atoms with Gasteiger partial charge in [0.2, 0.25) is 5.91 Å². The summed E-state index contributed by atoms with van der Waals surface area (Å²) in [6.45, 7) is 6.98. The van der Waals surface area contributed by atoms with Gasteiger partial charge in [0.1, 0.15) is 35.7 Å². The Morgan fingerprint density at radius 3 is 2.29 bits per heavy atom. The van der Waals surface area contributed by atoms with E-state index < -0.39 is 11.9 Å². The highest BCUT2D eigenvalue weighted by molar-refractivity contribution is 6.33. The second-order valence-electron chi connectivity index (χ2n) is 12.5. The largest absolute Gasteiger partial charge is 0.493 e. The molecule has 300 valence electrons. The van der Waals surface area contributed by atoms with Gasteiger partial charge in [-0.05, 0) is 62.2 Å². The Kier molecular flexibility index (Phi) is 17.3. The van der Waals surface area contributed by atoms with E-state index in [-0.39, 0.29) is 54.3 Å². The molecule has 0 aliphatic heterocycles. The molecule has 3 aromatic carbocycles. The minimum Gasteiger partial charge on any atom is -0.493 e. The maximum atomic E-state index is 13.1. The zero-order chi connectivity index (χ0) is 40.5. The van der Waals surface area contributed by atoms with Gasteiger partial charge < -0.3 is 48.4 Å². The van der Waals surface area contributed by atoms with Gasteiger partial charge in [-0.25, -0.2) is 0 Å². The monoisotopic (exact) mass is 793 g/mol. The lowest BCUT2D eigenvalue weighted by Gasteiger charge is -2.24. The molecular formula is C41H48ClN3O11. The number of benzene rings is 3. The number of halogens is 1. The minimum atomic E-state index is -0.837. The van der Waals surface area contributed by atoms with Crippen molar-refractivity contribution in [1.29, 1.82) is 0 Å². The van der Waals surface area contributed by atoms with Crippen LogP contribution in [0, 0.1) is 6.92 Å². The minimum absolute atomic E-state index is 0.0565. The van der Waals surface area contributed by atoms with Crippen LogP contribution in [0.4, 0.5) is 5.69 Å². The molecule has 1 unspecified atom stereocenters. The number of aldehydes is 2. The number of carbonyl (C=O) groups excluding carboxylic acids is 4. The normalized spacial score (nSPS) is 11.5. The van der Waals surface area contributed by atoms with Crippen LogP contribution in [0.3, 0.4) is 0 Å². The van der Waals surface area contributed by atoms with Crippen molar-refractivity contribution in [3.8, 4) is 22.8 Å². The van der Waals surface area contributed by atoms with Gasteiger partial charge in [-0.1, -0.05) is 17.7 Å². The van der Waals surface area contributed by atoms with E-state index in [4.69, 9.17) is 39.7 Å². The fourth-order valence-corrected chi connectivity index (χ4v) is 5.93. The van der Waals surface area contributed by atoms with Gasteiger partial charge in [0.05, 0.1) is 73.8 Å². The Hall–Kier alpha value is -5.28. The molecule has 0 aliphatic rings. The second kappa shape index (κ2) is 22.3. The van der Waals surface area contributed by atoms with Gasteiger partial charge in [-0.2, -0.15) is 0 Å². The van der Waals surface area contributed by atoms with Crippen molar-refractivity contribution in [1.82, 2.24) is 10.2 Å². The van der Waals surface area contributed by atoms with Gasteiger partial charge in [-0.15, -0.1) is 0 Å². The topological polar surface area (TPSA) is 172 Å². The third-order valence-corrected chi connectivity index (χ3v) is 9.01. The van der Waals surface area contributed by atoms with E-state index in [9.17, 15) is 24.0 Å². The van der Waals surface area contributed by atoms with Crippen LogP contribution in [-0.4, -0.2) is 109 Å². The van der Waals surface area contributed by atoms with Crippen LogP contribution in [0.2, 0.25) is 5.02 Å². The number of amides is 2. The number of fused-ring (bicyclic) bond motifs is 1. The number of ether oxygens (including phenoxy) is 5. The van der Waals surface area contributed by atoms with Crippen LogP contribution in [0.15, 0.2) is 63.8 Å². The number of nitrogens with one attached hydrogen (secondary N) is 2. The van der Waals surface area contributed by atoms with E-state index >= 15 is 0 Å². The quantitative estimate of drug-likeness (QED) is 0.0691. The first kappa shape index (κ1) is 43.4. The fraction of sp³-hybridized carbons (Fsp3) is 0.390. The molecule has 0 bridgehead atoms. The lowest BCUT2D eigenvalue weighted by Crippen LogP contribution is -2.39. The van der Waals surface area contributed by atoms with Crippen molar-refractivity contribution in [2.75, 3.05) is 78.8 Å². The number of nitrogens with zero attached hydrogens (tertiary/aromatic N) is 1. The molecule has 2 N–H and O–H groups in total. The first-order chi connectivity index (χ1) is 27.1. The third-order valence-electron chi connectivity index (χ3n) is 8.70. The maximum Gasteiger partial charge on any atom is 0.255 e. The first-order valence-electron chi connectivity index (χ1n) is 18.2. The zero-order valence-electron chi connectivity index (χ0n) is 32.0. The average molecular weight is 794 g/mol. The highest BCUT2D eigenvalue weighted by Crippen LogP contribution is 2.33. The Labute approximate surface area is 330 Å². The molecule has 2 amide bonds. The number of likely N-dealkylation sites (N-methyl/N-ethyl adjacent to an activating group) is 1. The van der Waals surface area contributed by atoms with Crippen molar-refractivity contribution >= 4 is 52.6 Å². The molecule has 1 heterocycles. The number of anilines is 1. The van der Waals surface area contributed by atoms with Crippen LogP contribution in [0.1, 0.15) is 46.0 Å². The fourth-order valence-electron chi connectivity index (χ4n) is 5.66. The number of hydrogen-bond donors (Lipinski definition) is 2. The average Bonchev–Trinajstić information content (AvgIpc) is 3.19. The van der Waals surface area contributed by atoms with Crippen molar-refractivity contribution in [3.63, 3.8) is 0 Å². The smallest absolute Gasteiger partial charge is 0.255 e. The zero-order valence-corrected chi connectivity index (χ0v) is 32.8. The lowest BCUT2D eigenvalue weighted by molar-refractivity contribution is -0.121. The van der Waals surface area contributed by atoms with Crippen LogP contribution < -0.4 is 25.5 Å². The van der Waals surface area contributed by atoms with Crippen LogP contribution in [0.25, 0.3) is 22.3 Å². The highest BCUT2D eigenvalue weighted by atomic mass is 35.5. The van der Waals surface area contributed by atoms with E-state index in [1.807, 2.05) is 19.9 Å². The van der Waals surface area contributed by atoms with E-state index in [0.717, 1.165) is 11.3 Å². The summed E-state index contributed by atoms with van der Waals surface area (Å²) in [4.78, 5) is 62.3. The molecule has 0 aliphatic carbocycles. The summed E-state index contributed by atoms with van der Waals surface area (Å²) in [5.74, 6) is 0.447. The van der Waals surface area contributed by atoms with Crippen LogP contribution in [-0.2, 0) is 23.8 Å². The summed E-state index contributed by atoms with van der Waals surface area (Å²) in [5.41, 5.74) is 2.64.